The van der Waals surface area contributed by atoms with Gasteiger partial charge < -0.3 is 9.67 Å². The molecule has 0 aliphatic carbocycles. The van der Waals surface area contributed by atoms with Crippen molar-refractivity contribution in [3.8, 4) is 0 Å². The monoisotopic (exact) mass is 298 g/mol. The van der Waals surface area contributed by atoms with Crippen LogP contribution in [0.5, 0.6) is 0 Å². The van der Waals surface area contributed by atoms with Crippen molar-refractivity contribution in [2.75, 3.05) is 0 Å². The van der Waals surface area contributed by atoms with E-state index in [1.54, 1.807) is 24.5 Å². The number of aryl methyl sites for hydroxylation is 1. The Morgan fingerprint density at radius 2 is 2.29 bits per heavy atom. The van der Waals surface area contributed by atoms with E-state index < -0.39 is 11.9 Å². The van der Waals surface area contributed by atoms with Crippen molar-refractivity contribution in [3.63, 3.8) is 0 Å². The molecule has 1 N–H and O–H groups in total. The van der Waals surface area contributed by atoms with Gasteiger partial charge in [-0.25, -0.2) is 9.37 Å². The molecule has 3 nitrogen and oxygen atoms in total. The van der Waals surface area contributed by atoms with E-state index in [-0.39, 0.29) is 0 Å². The Hall–Kier alpha value is -1.20. The molecule has 1 heterocycles. The van der Waals surface area contributed by atoms with Crippen molar-refractivity contribution in [2.24, 2.45) is 0 Å². The first kappa shape index (κ1) is 12.3. The third-order valence-corrected chi connectivity index (χ3v) is 3.24. The quantitative estimate of drug-likeness (QED) is 0.946. The molecule has 1 aromatic carbocycles. The molecule has 90 valence electrons. The van der Waals surface area contributed by atoms with Gasteiger partial charge in [0.05, 0.1) is 4.47 Å². The lowest BCUT2D eigenvalue weighted by Gasteiger charge is -2.12. The van der Waals surface area contributed by atoms with Crippen LogP contribution in [-0.2, 0) is 6.54 Å². The van der Waals surface area contributed by atoms with Crippen LogP contribution in [0, 0.1) is 5.82 Å². The summed E-state index contributed by atoms with van der Waals surface area (Å²) in [6.45, 7) is 2.67. The van der Waals surface area contributed by atoms with E-state index >= 15 is 0 Å². The summed E-state index contributed by atoms with van der Waals surface area (Å²) in [5, 5.41) is 10.1. The number of imidazole rings is 1. The molecule has 0 aliphatic rings. The lowest BCUT2D eigenvalue weighted by molar-refractivity contribution is 0.204. The molecule has 0 aliphatic heterocycles. The fraction of sp³-hybridized carbons (Fsp3) is 0.250. The zero-order valence-electron chi connectivity index (χ0n) is 9.27. The topological polar surface area (TPSA) is 38.0 Å². The van der Waals surface area contributed by atoms with Gasteiger partial charge in [-0.1, -0.05) is 6.07 Å². The molecule has 1 atom stereocenters. The molecular weight excluding hydrogens is 287 g/mol. The molecule has 2 rings (SSSR count). The maximum absolute atomic E-state index is 13.4. The van der Waals surface area contributed by atoms with Crippen LogP contribution in [0.4, 0.5) is 4.39 Å². The van der Waals surface area contributed by atoms with Gasteiger partial charge in [0.1, 0.15) is 17.7 Å². The maximum atomic E-state index is 13.4. The smallest absolute Gasteiger partial charge is 0.142 e. The minimum Gasteiger partial charge on any atom is -0.380 e. The molecule has 0 amide bonds. The fourth-order valence-electron chi connectivity index (χ4n) is 1.67. The highest BCUT2D eigenvalue weighted by molar-refractivity contribution is 9.10. The summed E-state index contributed by atoms with van der Waals surface area (Å²) >= 11 is 3.08. The second-order valence-electron chi connectivity index (χ2n) is 3.65. The SMILES string of the molecule is CCn1ccnc1C(O)c1ccc(Br)c(F)c1. The summed E-state index contributed by atoms with van der Waals surface area (Å²) in [5.41, 5.74) is 0.492. The lowest BCUT2D eigenvalue weighted by atomic mass is 10.1. The van der Waals surface area contributed by atoms with Gasteiger partial charge in [0, 0.05) is 18.9 Å². The number of aliphatic hydroxyl groups excluding tert-OH is 1. The molecule has 1 aromatic heterocycles. The lowest BCUT2D eigenvalue weighted by Crippen LogP contribution is -2.09. The highest BCUT2D eigenvalue weighted by Gasteiger charge is 2.16. The summed E-state index contributed by atoms with van der Waals surface area (Å²) in [5.74, 6) is 0.130. The average molecular weight is 299 g/mol. The summed E-state index contributed by atoms with van der Waals surface area (Å²) in [6, 6.07) is 4.56. The second-order valence-corrected chi connectivity index (χ2v) is 4.50. The number of aliphatic hydroxyl groups is 1. The molecule has 0 fully saturated rings. The number of aromatic nitrogens is 2. The van der Waals surface area contributed by atoms with Gasteiger partial charge in [0.25, 0.3) is 0 Å². The van der Waals surface area contributed by atoms with Gasteiger partial charge in [-0.2, -0.15) is 0 Å². The predicted octanol–water partition coefficient (Wildman–Crippen LogP) is 2.89. The molecule has 5 heteroatoms. The van der Waals surface area contributed by atoms with E-state index in [4.69, 9.17) is 0 Å². The van der Waals surface area contributed by atoms with Gasteiger partial charge in [-0.05, 0) is 40.5 Å². The number of rotatable bonds is 3. The van der Waals surface area contributed by atoms with Crippen molar-refractivity contribution >= 4 is 15.9 Å². The van der Waals surface area contributed by atoms with E-state index in [0.717, 1.165) is 0 Å². The molecule has 1 unspecified atom stereocenters. The molecule has 0 spiro atoms. The Bertz CT molecular complexity index is 527. The highest BCUT2D eigenvalue weighted by Crippen LogP contribution is 2.24. The average Bonchev–Trinajstić information content (AvgIpc) is 2.80. The Balaban J connectivity index is 2.36. The number of hydrogen-bond donors (Lipinski definition) is 1. The van der Waals surface area contributed by atoms with Crippen molar-refractivity contribution in [1.29, 1.82) is 0 Å². The summed E-state index contributed by atoms with van der Waals surface area (Å²) < 4.78 is 15.6. The Kier molecular flexibility index (Phi) is 3.59. The Morgan fingerprint density at radius 1 is 1.53 bits per heavy atom. The molecule has 0 radical (unpaired) electrons. The first-order valence-corrected chi connectivity index (χ1v) is 6.06. The van der Waals surface area contributed by atoms with Gasteiger partial charge in [0.15, 0.2) is 0 Å². The Labute approximate surface area is 107 Å². The third kappa shape index (κ3) is 2.40. The van der Waals surface area contributed by atoms with Gasteiger partial charge in [-0.15, -0.1) is 0 Å². The van der Waals surface area contributed by atoms with Crippen LogP contribution >= 0.6 is 15.9 Å². The molecule has 17 heavy (non-hydrogen) atoms. The largest absolute Gasteiger partial charge is 0.380 e. The first-order chi connectivity index (χ1) is 8.13. The number of nitrogens with zero attached hydrogens (tertiary/aromatic N) is 2. The van der Waals surface area contributed by atoms with E-state index in [1.807, 2.05) is 11.5 Å². The third-order valence-electron chi connectivity index (χ3n) is 2.59. The molecule has 2 aromatic rings. The standard InChI is InChI=1S/C12H12BrFN2O/c1-2-16-6-5-15-12(16)11(17)8-3-4-9(13)10(14)7-8/h3-7,11,17H,2H2,1H3. The molecule has 0 bridgehead atoms. The van der Waals surface area contributed by atoms with Crippen LogP contribution < -0.4 is 0 Å². The van der Waals surface area contributed by atoms with Crippen molar-refractivity contribution in [1.82, 2.24) is 9.55 Å². The van der Waals surface area contributed by atoms with Crippen LogP contribution in [0.1, 0.15) is 24.4 Å². The minimum absolute atomic E-state index is 0.382. The number of halogens is 2. The van der Waals surface area contributed by atoms with E-state index in [9.17, 15) is 9.50 Å². The molecule has 0 saturated carbocycles. The Morgan fingerprint density at radius 3 is 2.94 bits per heavy atom. The van der Waals surface area contributed by atoms with Crippen LogP contribution in [0.3, 0.4) is 0 Å². The van der Waals surface area contributed by atoms with E-state index in [2.05, 4.69) is 20.9 Å². The summed E-state index contributed by atoms with van der Waals surface area (Å²) in [7, 11) is 0. The fourth-order valence-corrected chi connectivity index (χ4v) is 1.91. The first-order valence-electron chi connectivity index (χ1n) is 5.27. The van der Waals surface area contributed by atoms with Gasteiger partial charge in [0.2, 0.25) is 0 Å². The van der Waals surface area contributed by atoms with E-state index in [0.29, 0.717) is 22.4 Å². The van der Waals surface area contributed by atoms with Gasteiger partial charge >= 0.3 is 0 Å². The highest BCUT2D eigenvalue weighted by atomic mass is 79.9. The normalized spacial score (nSPS) is 12.7. The maximum Gasteiger partial charge on any atom is 0.142 e. The van der Waals surface area contributed by atoms with Crippen molar-refractivity contribution < 1.29 is 9.50 Å². The van der Waals surface area contributed by atoms with Crippen LogP contribution in [0.15, 0.2) is 35.1 Å². The molecule has 0 saturated heterocycles. The zero-order valence-corrected chi connectivity index (χ0v) is 10.9. The van der Waals surface area contributed by atoms with Crippen molar-refractivity contribution in [2.45, 2.75) is 19.6 Å². The van der Waals surface area contributed by atoms with Gasteiger partial charge in [-0.3, -0.25) is 0 Å². The summed E-state index contributed by atoms with van der Waals surface area (Å²) in [6.07, 6.45) is 2.50. The van der Waals surface area contributed by atoms with Crippen LogP contribution in [0.25, 0.3) is 0 Å². The summed E-state index contributed by atoms with van der Waals surface area (Å²) in [4.78, 5) is 4.09. The predicted molar refractivity (Wildman–Crippen MR) is 66.1 cm³/mol. The number of hydrogen-bond acceptors (Lipinski definition) is 2. The zero-order chi connectivity index (χ0) is 12.4. The van der Waals surface area contributed by atoms with Crippen molar-refractivity contribution in [3.05, 3.63) is 52.3 Å². The van der Waals surface area contributed by atoms with E-state index in [1.165, 1.54) is 6.07 Å². The van der Waals surface area contributed by atoms with Crippen LogP contribution in [-0.4, -0.2) is 14.7 Å². The molecular formula is C12H12BrFN2O. The van der Waals surface area contributed by atoms with Crippen LogP contribution in [0.2, 0.25) is 0 Å². The minimum atomic E-state index is -0.910. The number of benzene rings is 1. The second kappa shape index (κ2) is 4.98.